The molecule has 1 amide bonds. The van der Waals surface area contributed by atoms with E-state index in [0.29, 0.717) is 6.42 Å². The predicted molar refractivity (Wildman–Crippen MR) is 118 cm³/mol. The molecule has 1 aromatic rings. The van der Waals surface area contributed by atoms with E-state index < -0.39 is 22.0 Å². The van der Waals surface area contributed by atoms with E-state index >= 15 is 0 Å². The molecule has 0 spiro atoms. The summed E-state index contributed by atoms with van der Waals surface area (Å²) in [5.74, 6) is -0.461. The van der Waals surface area contributed by atoms with E-state index in [0.717, 1.165) is 31.4 Å². The van der Waals surface area contributed by atoms with Crippen LogP contribution in [0, 0.1) is 0 Å². The molecule has 1 unspecified atom stereocenters. The van der Waals surface area contributed by atoms with E-state index in [1.165, 1.54) is 57.8 Å². The van der Waals surface area contributed by atoms with Crippen molar-refractivity contribution in [1.29, 1.82) is 0 Å². The van der Waals surface area contributed by atoms with Crippen LogP contribution >= 0.6 is 0 Å². The van der Waals surface area contributed by atoms with Gasteiger partial charge in [-0.3, -0.25) is 4.79 Å². The quantitative estimate of drug-likeness (QED) is 0.426. The third kappa shape index (κ3) is 8.87. The van der Waals surface area contributed by atoms with Crippen molar-refractivity contribution in [3.63, 3.8) is 0 Å². The normalized spacial score (nSPS) is 16.8. The summed E-state index contributed by atoms with van der Waals surface area (Å²) in [5.41, 5.74) is 1.15. The van der Waals surface area contributed by atoms with E-state index in [9.17, 15) is 13.2 Å². The van der Waals surface area contributed by atoms with Gasteiger partial charge in [-0.2, -0.15) is 0 Å². The number of hydrogen-bond acceptors (Lipinski definition) is 4. The second-order valence-electron chi connectivity index (χ2n) is 8.19. The minimum atomic E-state index is -3.80. The first-order chi connectivity index (χ1) is 14.0. The maximum atomic E-state index is 12.4. The Balaban J connectivity index is 1.64. The number of carbonyl (C=O) groups excluding carboxylic acids is 1. The van der Waals surface area contributed by atoms with Crippen molar-refractivity contribution in [2.75, 3.05) is 6.54 Å². The lowest BCUT2D eigenvalue weighted by Gasteiger charge is -2.12. The van der Waals surface area contributed by atoms with Gasteiger partial charge >= 0.3 is 0 Å². The number of carbonyl (C=O) groups is 1. The molecule has 5 nitrogen and oxygen atoms in total. The first-order valence-electron chi connectivity index (χ1n) is 11.4. The lowest BCUT2D eigenvalue weighted by atomic mass is 10.0. The van der Waals surface area contributed by atoms with Gasteiger partial charge in [0.15, 0.2) is 0 Å². The summed E-state index contributed by atoms with van der Waals surface area (Å²) in [4.78, 5) is 12.2. The molecule has 2 N–H and O–H groups in total. The maximum Gasteiger partial charge on any atom is 0.264 e. The van der Waals surface area contributed by atoms with Crippen molar-refractivity contribution in [3.05, 3.63) is 29.8 Å². The van der Waals surface area contributed by atoms with Crippen LogP contribution in [-0.4, -0.2) is 26.9 Å². The third-order valence-corrected chi connectivity index (χ3v) is 7.03. The van der Waals surface area contributed by atoms with Gasteiger partial charge in [0, 0.05) is 0 Å². The summed E-state index contributed by atoms with van der Waals surface area (Å²) in [5, 5.41) is 3.02. The highest BCUT2D eigenvalue weighted by Gasteiger charge is 2.26. The van der Waals surface area contributed by atoms with Crippen molar-refractivity contribution in [2.45, 2.75) is 101 Å². The number of sulfonamides is 1. The van der Waals surface area contributed by atoms with Gasteiger partial charge in [-0.05, 0) is 49.9 Å². The number of nitrogens with one attached hydrogen (secondary N) is 2. The molecule has 1 fully saturated rings. The topological polar surface area (TPSA) is 75.3 Å². The van der Waals surface area contributed by atoms with Gasteiger partial charge in [0.05, 0.1) is 10.9 Å². The zero-order valence-corrected chi connectivity index (χ0v) is 18.7. The lowest BCUT2D eigenvalue weighted by molar-refractivity contribution is -0.121. The standard InChI is InChI=1S/C23H38N2O3S/c1-2-3-4-5-6-7-8-9-10-11-13-20-15-17-21(18-16-20)29(27,28)25-23(26)22-14-12-19-24-22/h15-18,22,24H,2-14,19H2,1H3,(H,25,26). The predicted octanol–water partition coefficient (Wildman–Crippen LogP) is 4.71. The molecule has 0 aromatic heterocycles. The average molecular weight is 423 g/mol. The minimum absolute atomic E-state index is 0.149. The molecule has 0 saturated carbocycles. The Labute approximate surface area is 177 Å². The van der Waals surface area contributed by atoms with E-state index in [1.807, 2.05) is 12.1 Å². The van der Waals surface area contributed by atoms with Crippen molar-refractivity contribution < 1.29 is 13.2 Å². The number of aryl methyl sites for hydroxylation is 1. The molecule has 0 bridgehead atoms. The van der Waals surface area contributed by atoms with Crippen LogP contribution in [0.15, 0.2) is 29.2 Å². The summed E-state index contributed by atoms with van der Waals surface area (Å²) >= 11 is 0. The molecule has 164 valence electrons. The van der Waals surface area contributed by atoms with Gasteiger partial charge in [-0.1, -0.05) is 76.8 Å². The monoisotopic (exact) mass is 422 g/mol. The molecule has 6 heteroatoms. The molecule has 1 atom stereocenters. The Hall–Kier alpha value is -1.40. The van der Waals surface area contributed by atoms with Crippen LogP contribution in [0.4, 0.5) is 0 Å². The molecule has 29 heavy (non-hydrogen) atoms. The fraction of sp³-hybridized carbons (Fsp3) is 0.696. The fourth-order valence-corrected chi connectivity index (χ4v) is 4.84. The zero-order valence-electron chi connectivity index (χ0n) is 17.9. The summed E-state index contributed by atoms with van der Waals surface area (Å²) in [6.45, 7) is 3.01. The Morgan fingerprint density at radius 2 is 1.55 bits per heavy atom. The molecule has 1 aliphatic rings. The number of hydrogen-bond donors (Lipinski definition) is 2. The highest BCUT2D eigenvalue weighted by molar-refractivity contribution is 7.90. The number of rotatable bonds is 14. The number of unbranched alkanes of at least 4 members (excludes halogenated alkanes) is 9. The van der Waals surface area contributed by atoms with E-state index in [4.69, 9.17) is 0 Å². The third-order valence-electron chi connectivity index (χ3n) is 5.66. The fourth-order valence-electron chi connectivity index (χ4n) is 3.82. The van der Waals surface area contributed by atoms with Gasteiger partial charge in [0.25, 0.3) is 15.9 Å². The Bertz CT molecular complexity index is 695. The smallest absolute Gasteiger partial charge is 0.264 e. The Kier molecular flexibility index (Phi) is 10.7. The zero-order chi connectivity index (χ0) is 21.0. The van der Waals surface area contributed by atoms with Crippen molar-refractivity contribution >= 4 is 15.9 Å². The van der Waals surface area contributed by atoms with Crippen LogP contribution in [0.3, 0.4) is 0 Å². The molecule has 1 aliphatic heterocycles. The highest BCUT2D eigenvalue weighted by Crippen LogP contribution is 2.15. The van der Waals surface area contributed by atoms with Crippen molar-refractivity contribution in [3.8, 4) is 0 Å². The molecule has 2 rings (SSSR count). The second kappa shape index (κ2) is 13.0. The summed E-state index contributed by atoms with van der Waals surface area (Å²) < 4.78 is 27.0. The van der Waals surface area contributed by atoms with Crippen molar-refractivity contribution in [1.82, 2.24) is 10.0 Å². The van der Waals surface area contributed by atoms with Crippen LogP contribution in [0.25, 0.3) is 0 Å². The first-order valence-corrected chi connectivity index (χ1v) is 12.9. The molecule has 0 aliphatic carbocycles. The summed E-state index contributed by atoms with van der Waals surface area (Å²) in [6, 6.07) is 6.52. The second-order valence-corrected chi connectivity index (χ2v) is 9.88. The Morgan fingerprint density at radius 3 is 2.10 bits per heavy atom. The molecular weight excluding hydrogens is 384 g/mol. The maximum absolute atomic E-state index is 12.4. The van der Waals surface area contributed by atoms with Gasteiger partial charge in [-0.15, -0.1) is 0 Å². The van der Waals surface area contributed by atoms with Gasteiger partial charge < -0.3 is 5.32 Å². The number of benzene rings is 1. The Morgan fingerprint density at radius 1 is 0.966 bits per heavy atom. The van der Waals surface area contributed by atoms with E-state index in [1.54, 1.807) is 12.1 Å². The molecule has 1 heterocycles. The summed E-state index contributed by atoms with van der Waals surface area (Å²) in [6.07, 6.45) is 15.6. The van der Waals surface area contributed by atoms with Gasteiger partial charge in [-0.25, -0.2) is 13.1 Å². The molecule has 0 radical (unpaired) electrons. The van der Waals surface area contributed by atoms with Gasteiger partial charge in [0.2, 0.25) is 0 Å². The lowest BCUT2D eigenvalue weighted by Crippen LogP contribution is -2.43. The van der Waals surface area contributed by atoms with Gasteiger partial charge in [0.1, 0.15) is 0 Å². The first kappa shape index (κ1) is 23.9. The number of amides is 1. The van der Waals surface area contributed by atoms with Crippen LogP contribution < -0.4 is 10.0 Å². The van der Waals surface area contributed by atoms with Crippen LogP contribution in [0.5, 0.6) is 0 Å². The SMILES string of the molecule is CCCCCCCCCCCCc1ccc(S(=O)(=O)NC(=O)C2CCCN2)cc1. The van der Waals surface area contributed by atoms with E-state index in [-0.39, 0.29) is 4.90 Å². The largest absolute Gasteiger partial charge is 0.306 e. The van der Waals surface area contributed by atoms with Crippen LogP contribution in [-0.2, 0) is 21.2 Å². The molecule has 1 saturated heterocycles. The van der Waals surface area contributed by atoms with Crippen LogP contribution in [0.2, 0.25) is 0 Å². The highest BCUT2D eigenvalue weighted by atomic mass is 32.2. The van der Waals surface area contributed by atoms with Crippen molar-refractivity contribution in [2.24, 2.45) is 0 Å². The van der Waals surface area contributed by atoms with E-state index in [2.05, 4.69) is 17.0 Å². The average Bonchev–Trinajstić information content (AvgIpc) is 3.24. The summed E-state index contributed by atoms with van der Waals surface area (Å²) in [7, 11) is -3.80. The minimum Gasteiger partial charge on any atom is -0.306 e. The van der Waals surface area contributed by atoms with Crippen LogP contribution in [0.1, 0.15) is 89.5 Å². The molecular formula is C23H38N2O3S. The molecule has 1 aromatic carbocycles.